The molecule has 1 aliphatic heterocycles. The number of fused-ring (bicyclic) bond motifs is 1. The number of aldehydes is 1. The standard InChI is InChI=1S/C32H30ClFN4O5/c1-16-9-17(10-24(26(16)35)43-20-6-7-20)29(40)37-13-32(14-39,18-3-4-18)25-12-22-28(42-15-31(22,2)30(36)41)27(38-25)21-11-19(33)5-8-23(21)34/h5,8-12,14,18,20,35H,1,3-4,6-7,13,15H2,2H3,(H2,36,41)(H,37,40)/t31-,32+/m0/s1. The van der Waals surface area contributed by atoms with Crippen LogP contribution in [-0.4, -0.2) is 48.1 Å². The lowest BCUT2D eigenvalue weighted by Crippen LogP contribution is -2.45. The third-order valence-corrected chi connectivity index (χ3v) is 8.83. The van der Waals surface area contributed by atoms with E-state index in [9.17, 15) is 14.4 Å². The van der Waals surface area contributed by atoms with Crippen molar-refractivity contribution in [1.82, 2.24) is 10.3 Å². The van der Waals surface area contributed by atoms with Gasteiger partial charge in [-0.2, -0.15) is 0 Å². The van der Waals surface area contributed by atoms with Crippen molar-refractivity contribution in [2.75, 3.05) is 13.2 Å². The molecule has 2 fully saturated rings. The zero-order valence-corrected chi connectivity index (χ0v) is 24.2. The van der Waals surface area contributed by atoms with Gasteiger partial charge >= 0.3 is 0 Å². The summed E-state index contributed by atoms with van der Waals surface area (Å²) in [5.41, 5.74) is 4.70. The predicted octanol–water partition coefficient (Wildman–Crippen LogP) is 4.22. The van der Waals surface area contributed by atoms with Gasteiger partial charge in [0.2, 0.25) is 5.91 Å². The smallest absolute Gasteiger partial charge is 0.251 e. The van der Waals surface area contributed by atoms with E-state index in [1.54, 1.807) is 13.0 Å². The molecule has 0 bridgehead atoms. The van der Waals surface area contributed by atoms with Crippen LogP contribution >= 0.6 is 11.6 Å². The minimum absolute atomic E-state index is 0.0267. The van der Waals surface area contributed by atoms with Crippen molar-refractivity contribution in [1.29, 1.82) is 5.41 Å². The molecule has 3 aliphatic carbocycles. The first-order chi connectivity index (χ1) is 20.5. The van der Waals surface area contributed by atoms with Gasteiger partial charge in [0, 0.05) is 28.3 Å². The number of nitrogens with two attached hydrogens (primary N) is 1. The van der Waals surface area contributed by atoms with Crippen molar-refractivity contribution >= 4 is 35.4 Å². The second kappa shape index (κ2) is 10.4. The van der Waals surface area contributed by atoms with Gasteiger partial charge in [0.15, 0.2) is 0 Å². The number of nitrogens with one attached hydrogen (secondary N) is 2. The summed E-state index contributed by atoms with van der Waals surface area (Å²) in [6.07, 6.45) is 6.98. The van der Waals surface area contributed by atoms with Gasteiger partial charge in [-0.25, -0.2) is 9.37 Å². The Morgan fingerprint density at radius 1 is 1.30 bits per heavy atom. The minimum atomic E-state index is -1.30. The van der Waals surface area contributed by atoms with Crippen molar-refractivity contribution in [2.45, 2.75) is 49.5 Å². The van der Waals surface area contributed by atoms with Crippen LogP contribution in [0.5, 0.6) is 5.75 Å². The van der Waals surface area contributed by atoms with Crippen LogP contribution in [0, 0.1) is 17.1 Å². The number of amides is 2. The fourth-order valence-corrected chi connectivity index (χ4v) is 5.69. The summed E-state index contributed by atoms with van der Waals surface area (Å²) in [6, 6.07) is 5.62. The molecule has 9 nitrogen and oxygen atoms in total. The van der Waals surface area contributed by atoms with Gasteiger partial charge in [-0.05, 0) is 80.5 Å². The summed E-state index contributed by atoms with van der Waals surface area (Å²) in [5.74, 6) is -1.44. The Bertz CT molecular complexity index is 1680. The molecule has 6 rings (SSSR count). The maximum absolute atomic E-state index is 15.2. The summed E-state index contributed by atoms with van der Waals surface area (Å²) in [6.45, 7) is 5.29. The fraction of sp³-hybridized carbons (Fsp3) is 0.344. The highest BCUT2D eigenvalue weighted by molar-refractivity contribution is 6.30. The van der Waals surface area contributed by atoms with Crippen molar-refractivity contribution in [3.63, 3.8) is 0 Å². The third kappa shape index (κ3) is 5.03. The van der Waals surface area contributed by atoms with Gasteiger partial charge in [-0.1, -0.05) is 18.2 Å². The van der Waals surface area contributed by atoms with E-state index in [2.05, 4.69) is 11.9 Å². The molecule has 2 atom stereocenters. The minimum Gasteiger partial charge on any atom is -0.489 e. The number of carbonyl (C=O) groups is 3. The number of rotatable bonds is 10. The van der Waals surface area contributed by atoms with E-state index in [0.29, 0.717) is 24.0 Å². The van der Waals surface area contributed by atoms with Gasteiger partial charge in [0.25, 0.3) is 5.91 Å². The molecule has 2 heterocycles. The topological polar surface area (TPSA) is 144 Å². The number of allylic oxidation sites excluding steroid dienone is 2. The molecule has 0 radical (unpaired) electrons. The lowest BCUT2D eigenvalue weighted by Gasteiger charge is -2.30. The molecule has 1 aromatic carbocycles. The monoisotopic (exact) mass is 604 g/mol. The summed E-state index contributed by atoms with van der Waals surface area (Å²) >= 11 is 6.21. The molecule has 0 saturated heterocycles. The molecular formula is C32H30ClFN4O5. The number of carbonyl (C=O) groups excluding carboxylic acids is 3. The number of hydrogen-bond donors (Lipinski definition) is 3. The first kappa shape index (κ1) is 28.8. The van der Waals surface area contributed by atoms with Crippen LogP contribution in [-0.2, 0) is 30.0 Å². The van der Waals surface area contributed by atoms with E-state index in [-0.39, 0.29) is 69.9 Å². The van der Waals surface area contributed by atoms with Crippen LogP contribution in [0.4, 0.5) is 4.39 Å². The van der Waals surface area contributed by atoms with Crippen LogP contribution in [0.3, 0.4) is 0 Å². The summed E-state index contributed by atoms with van der Waals surface area (Å²) in [5, 5.41) is 11.4. The summed E-state index contributed by atoms with van der Waals surface area (Å²) < 4.78 is 26.9. The predicted molar refractivity (Wildman–Crippen MR) is 157 cm³/mol. The van der Waals surface area contributed by atoms with Gasteiger partial charge in [-0.3, -0.25) is 15.0 Å². The molecule has 11 heteroatoms. The zero-order chi connectivity index (χ0) is 30.7. The SMILES string of the molecule is C=C1C=C(C(=O)NC[C@](C=O)(c2cc3c(c(-c4cc(Cl)ccc4F)n2)OC[C@]3(C)C(N)=O)C2CC2)C=C(OC2CC2)C1=N. The summed E-state index contributed by atoms with van der Waals surface area (Å²) in [4.78, 5) is 43.8. The number of nitrogens with zero attached hydrogens (tertiary/aromatic N) is 1. The van der Waals surface area contributed by atoms with Gasteiger partial charge in [0.05, 0.1) is 17.2 Å². The van der Waals surface area contributed by atoms with E-state index < -0.39 is 28.5 Å². The first-order valence-electron chi connectivity index (χ1n) is 14.0. The Morgan fingerprint density at radius 2 is 2.05 bits per heavy atom. The molecule has 2 amide bonds. The molecule has 2 saturated carbocycles. The number of pyridine rings is 1. The van der Waals surface area contributed by atoms with Crippen LogP contribution in [0.2, 0.25) is 5.02 Å². The third-order valence-electron chi connectivity index (χ3n) is 8.60. The van der Waals surface area contributed by atoms with Crippen LogP contribution < -0.4 is 15.8 Å². The molecule has 2 aromatic rings. The number of halogens is 2. The maximum Gasteiger partial charge on any atom is 0.251 e. The highest BCUT2D eigenvalue weighted by atomic mass is 35.5. The molecule has 1 aromatic heterocycles. The van der Waals surface area contributed by atoms with Crippen LogP contribution in [0.1, 0.15) is 43.9 Å². The number of hydrogen-bond acceptors (Lipinski definition) is 7. The largest absolute Gasteiger partial charge is 0.489 e. The normalized spacial score (nSPS) is 22.5. The first-order valence-corrected chi connectivity index (χ1v) is 14.4. The van der Waals surface area contributed by atoms with Gasteiger partial charge in [-0.15, -0.1) is 0 Å². The van der Waals surface area contributed by atoms with Crippen molar-refractivity contribution in [2.24, 2.45) is 11.7 Å². The number of ether oxygens (including phenoxy) is 2. The Labute approximate surface area is 252 Å². The Hall–Kier alpha value is -4.31. The second-order valence-corrected chi connectivity index (χ2v) is 12.2. The zero-order valence-electron chi connectivity index (χ0n) is 23.5. The van der Waals surface area contributed by atoms with Crippen LogP contribution in [0.25, 0.3) is 11.3 Å². The highest BCUT2D eigenvalue weighted by Crippen LogP contribution is 2.50. The van der Waals surface area contributed by atoms with Crippen molar-refractivity contribution in [3.05, 3.63) is 82.0 Å². The maximum atomic E-state index is 15.2. The molecule has 0 unspecified atom stereocenters. The molecule has 43 heavy (non-hydrogen) atoms. The highest BCUT2D eigenvalue weighted by Gasteiger charge is 2.51. The van der Waals surface area contributed by atoms with E-state index in [0.717, 1.165) is 19.1 Å². The Kier molecular flexibility index (Phi) is 7.00. The number of primary amides is 1. The van der Waals surface area contributed by atoms with Crippen molar-refractivity contribution < 1.29 is 28.2 Å². The summed E-state index contributed by atoms with van der Waals surface area (Å²) in [7, 11) is 0. The average molecular weight is 605 g/mol. The second-order valence-electron chi connectivity index (χ2n) is 11.8. The molecule has 0 spiro atoms. The Morgan fingerprint density at radius 3 is 2.70 bits per heavy atom. The van der Waals surface area contributed by atoms with E-state index in [1.807, 2.05) is 0 Å². The quantitative estimate of drug-likeness (QED) is 0.346. The molecule has 222 valence electrons. The van der Waals surface area contributed by atoms with E-state index in [1.165, 1.54) is 30.4 Å². The Balaban J connectivity index is 1.40. The van der Waals surface area contributed by atoms with E-state index in [4.69, 9.17) is 37.2 Å². The number of aromatic nitrogens is 1. The molecule has 4 N–H and O–H groups in total. The average Bonchev–Trinajstić information content (AvgIpc) is 3.92. The lowest BCUT2D eigenvalue weighted by molar-refractivity contribution is -0.123. The fourth-order valence-electron chi connectivity index (χ4n) is 5.52. The number of benzene rings is 1. The van der Waals surface area contributed by atoms with Crippen molar-refractivity contribution in [3.8, 4) is 17.0 Å². The van der Waals surface area contributed by atoms with E-state index >= 15 is 4.39 Å². The van der Waals surface area contributed by atoms with Gasteiger partial charge in [0.1, 0.15) is 47.0 Å². The van der Waals surface area contributed by atoms with Crippen LogP contribution in [0.15, 0.2) is 59.9 Å². The molecular weight excluding hydrogens is 575 g/mol. The molecule has 4 aliphatic rings. The van der Waals surface area contributed by atoms with Gasteiger partial charge < -0.3 is 25.3 Å². The lowest BCUT2D eigenvalue weighted by atomic mass is 9.76.